The van der Waals surface area contributed by atoms with Crippen LogP contribution in [0.2, 0.25) is 0 Å². The second-order valence-electron chi connectivity index (χ2n) is 5.75. The fraction of sp³-hybridized carbons (Fsp3) is 0.600. The molecule has 1 saturated carbocycles. The Balaban J connectivity index is 1.68. The molecule has 1 aliphatic heterocycles. The van der Waals surface area contributed by atoms with Crippen LogP contribution in [-0.4, -0.2) is 18.6 Å². The van der Waals surface area contributed by atoms with E-state index in [0.29, 0.717) is 11.6 Å². The minimum Gasteiger partial charge on any atom is -0.310 e. The first-order chi connectivity index (χ1) is 8.27. The highest BCUT2D eigenvalue weighted by Crippen LogP contribution is 2.32. The third kappa shape index (κ3) is 2.24. The lowest BCUT2D eigenvalue weighted by Crippen LogP contribution is -2.51. The van der Waals surface area contributed by atoms with E-state index in [1.54, 1.807) is 0 Å². The van der Waals surface area contributed by atoms with Crippen molar-refractivity contribution >= 4 is 0 Å². The first-order valence-corrected chi connectivity index (χ1v) is 6.83. The molecule has 1 aromatic carbocycles. The molecule has 2 heteroatoms. The molecule has 1 atom stereocenters. The first kappa shape index (κ1) is 11.2. The molecular formula is C15H22N2. The quantitative estimate of drug-likeness (QED) is 0.833. The van der Waals surface area contributed by atoms with E-state index in [9.17, 15) is 0 Å². The summed E-state index contributed by atoms with van der Waals surface area (Å²) in [5.41, 5.74) is 3.43. The molecule has 92 valence electrons. The smallest absolute Gasteiger partial charge is 0.0449 e. The summed E-state index contributed by atoms with van der Waals surface area (Å²) in [5.74, 6) is 0. The lowest BCUT2D eigenvalue weighted by molar-refractivity contribution is 0.200. The van der Waals surface area contributed by atoms with Crippen LogP contribution in [0.1, 0.15) is 43.4 Å². The van der Waals surface area contributed by atoms with E-state index in [-0.39, 0.29) is 0 Å². The van der Waals surface area contributed by atoms with Crippen molar-refractivity contribution in [1.82, 2.24) is 10.6 Å². The Labute approximate surface area is 104 Å². The molecule has 0 saturated heterocycles. The average molecular weight is 230 g/mol. The van der Waals surface area contributed by atoms with E-state index in [0.717, 1.165) is 13.1 Å². The normalized spacial score (nSPS) is 26.1. The predicted octanol–water partition coefficient (Wildman–Crippen LogP) is 2.41. The fourth-order valence-electron chi connectivity index (χ4n) is 3.01. The summed E-state index contributed by atoms with van der Waals surface area (Å²) in [5, 5.41) is 7.38. The highest BCUT2D eigenvalue weighted by atomic mass is 15.0. The monoisotopic (exact) mass is 230 g/mol. The van der Waals surface area contributed by atoms with Gasteiger partial charge in [0.1, 0.15) is 0 Å². The van der Waals surface area contributed by atoms with Gasteiger partial charge in [-0.25, -0.2) is 0 Å². The Hall–Kier alpha value is -0.860. The minimum absolute atomic E-state index is 0.411. The van der Waals surface area contributed by atoms with Crippen molar-refractivity contribution < 1.29 is 0 Å². The Kier molecular flexibility index (Phi) is 2.93. The van der Waals surface area contributed by atoms with Gasteiger partial charge in [-0.3, -0.25) is 0 Å². The molecule has 1 heterocycles. The largest absolute Gasteiger partial charge is 0.310 e. The zero-order valence-corrected chi connectivity index (χ0v) is 10.6. The van der Waals surface area contributed by atoms with Crippen molar-refractivity contribution in [1.29, 1.82) is 0 Å². The first-order valence-electron chi connectivity index (χ1n) is 6.83. The van der Waals surface area contributed by atoms with Gasteiger partial charge in [-0.2, -0.15) is 0 Å². The van der Waals surface area contributed by atoms with Gasteiger partial charge >= 0.3 is 0 Å². The van der Waals surface area contributed by atoms with Gasteiger partial charge in [-0.1, -0.05) is 24.3 Å². The Morgan fingerprint density at radius 2 is 2.18 bits per heavy atom. The number of hydrogen-bond acceptors (Lipinski definition) is 2. The van der Waals surface area contributed by atoms with Crippen molar-refractivity contribution in [3.05, 3.63) is 35.4 Å². The van der Waals surface area contributed by atoms with Crippen molar-refractivity contribution in [2.45, 2.75) is 44.2 Å². The van der Waals surface area contributed by atoms with Crippen molar-refractivity contribution in [2.75, 3.05) is 13.1 Å². The van der Waals surface area contributed by atoms with Gasteiger partial charge in [0.05, 0.1) is 0 Å². The zero-order valence-electron chi connectivity index (χ0n) is 10.6. The molecule has 2 N–H and O–H groups in total. The number of nitrogens with one attached hydrogen (secondary N) is 2. The van der Waals surface area contributed by atoms with Crippen LogP contribution in [-0.2, 0) is 6.42 Å². The van der Waals surface area contributed by atoms with E-state index in [4.69, 9.17) is 0 Å². The standard InChI is InChI=1S/C15H22N2/c1-15(8-4-9-15)17-11-14-13-6-3-2-5-12(13)7-10-16-14/h2-3,5-6,14,16-17H,4,7-11H2,1H3. The topological polar surface area (TPSA) is 24.1 Å². The Bertz CT molecular complexity index is 396. The summed E-state index contributed by atoms with van der Waals surface area (Å²) in [6, 6.07) is 9.36. The van der Waals surface area contributed by atoms with E-state index < -0.39 is 0 Å². The van der Waals surface area contributed by atoms with Crippen LogP contribution in [0.25, 0.3) is 0 Å². The molecule has 1 aliphatic carbocycles. The summed E-state index contributed by atoms with van der Waals surface area (Å²) in [4.78, 5) is 0. The van der Waals surface area contributed by atoms with Crippen LogP contribution in [0, 0.1) is 0 Å². The molecule has 0 bridgehead atoms. The van der Waals surface area contributed by atoms with E-state index in [1.807, 2.05) is 0 Å². The fourth-order valence-corrected chi connectivity index (χ4v) is 3.01. The average Bonchev–Trinajstić information content (AvgIpc) is 2.34. The summed E-state index contributed by atoms with van der Waals surface area (Å²) in [7, 11) is 0. The predicted molar refractivity (Wildman–Crippen MR) is 71.1 cm³/mol. The molecule has 1 fully saturated rings. The second kappa shape index (κ2) is 4.43. The van der Waals surface area contributed by atoms with Gasteiger partial charge in [0, 0.05) is 18.1 Å². The highest BCUT2D eigenvalue weighted by molar-refractivity contribution is 5.32. The van der Waals surface area contributed by atoms with Crippen LogP contribution in [0.5, 0.6) is 0 Å². The van der Waals surface area contributed by atoms with E-state index in [1.165, 1.54) is 36.8 Å². The highest BCUT2D eigenvalue weighted by Gasteiger charge is 2.32. The molecule has 2 nitrogen and oxygen atoms in total. The maximum Gasteiger partial charge on any atom is 0.0449 e. The molecule has 0 aromatic heterocycles. The molecule has 2 aliphatic rings. The maximum absolute atomic E-state index is 3.74. The van der Waals surface area contributed by atoms with E-state index in [2.05, 4.69) is 41.8 Å². The molecule has 1 unspecified atom stereocenters. The van der Waals surface area contributed by atoms with Gasteiger partial charge in [-0.05, 0) is 50.3 Å². The van der Waals surface area contributed by atoms with Gasteiger partial charge in [-0.15, -0.1) is 0 Å². The van der Waals surface area contributed by atoms with Gasteiger partial charge < -0.3 is 10.6 Å². The summed E-state index contributed by atoms with van der Waals surface area (Å²) < 4.78 is 0. The molecule has 0 amide bonds. The van der Waals surface area contributed by atoms with Crippen molar-refractivity contribution in [3.8, 4) is 0 Å². The second-order valence-corrected chi connectivity index (χ2v) is 5.75. The molecule has 0 radical (unpaired) electrons. The maximum atomic E-state index is 3.74. The van der Waals surface area contributed by atoms with E-state index >= 15 is 0 Å². The van der Waals surface area contributed by atoms with Gasteiger partial charge in [0.25, 0.3) is 0 Å². The number of hydrogen-bond donors (Lipinski definition) is 2. The molecular weight excluding hydrogens is 208 g/mol. The molecule has 17 heavy (non-hydrogen) atoms. The SMILES string of the molecule is CC1(NCC2NCCc3ccccc32)CCC1. The number of fused-ring (bicyclic) bond motifs is 1. The summed E-state index contributed by atoms with van der Waals surface area (Å²) in [6.45, 7) is 4.53. The van der Waals surface area contributed by atoms with Crippen LogP contribution in [0.3, 0.4) is 0 Å². The van der Waals surface area contributed by atoms with Crippen LogP contribution < -0.4 is 10.6 Å². The third-order valence-corrected chi connectivity index (χ3v) is 4.41. The third-order valence-electron chi connectivity index (χ3n) is 4.41. The van der Waals surface area contributed by atoms with Crippen molar-refractivity contribution in [3.63, 3.8) is 0 Å². The van der Waals surface area contributed by atoms with Crippen LogP contribution >= 0.6 is 0 Å². The lowest BCUT2D eigenvalue weighted by Gasteiger charge is -2.41. The molecule has 3 rings (SSSR count). The van der Waals surface area contributed by atoms with Crippen molar-refractivity contribution in [2.24, 2.45) is 0 Å². The Morgan fingerprint density at radius 1 is 1.35 bits per heavy atom. The Morgan fingerprint density at radius 3 is 2.94 bits per heavy atom. The van der Waals surface area contributed by atoms with Crippen LogP contribution in [0.4, 0.5) is 0 Å². The summed E-state index contributed by atoms with van der Waals surface area (Å²) in [6.07, 6.45) is 5.23. The van der Waals surface area contributed by atoms with Gasteiger partial charge in [0.2, 0.25) is 0 Å². The molecule has 0 spiro atoms. The summed E-state index contributed by atoms with van der Waals surface area (Å²) >= 11 is 0. The van der Waals surface area contributed by atoms with Gasteiger partial charge in [0.15, 0.2) is 0 Å². The lowest BCUT2D eigenvalue weighted by atomic mass is 9.78. The zero-order chi connectivity index (χ0) is 11.7. The minimum atomic E-state index is 0.411. The van der Waals surface area contributed by atoms with Crippen LogP contribution in [0.15, 0.2) is 24.3 Å². The number of rotatable bonds is 3. The number of benzene rings is 1. The molecule has 1 aromatic rings.